The van der Waals surface area contributed by atoms with Gasteiger partial charge in [0.25, 0.3) is 5.60 Å². The van der Waals surface area contributed by atoms with Crippen molar-refractivity contribution >= 4 is 17.9 Å². The zero-order valence-corrected chi connectivity index (χ0v) is 8.09. The molecule has 0 aromatic carbocycles. The molecule has 0 fully saturated rings. The minimum absolute atomic E-state index is 2.03. The van der Waals surface area contributed by atoms with Gasteiger partial charge in [-0.3, -0.25) is 0 Å². The molecule has 17 heavy (non-hydrogen) atoms. The molecule has 0 radical (unpaired) electrons. The summed E-state index contributed by atoms with van der Waals surface area (Å²) in [6.45, 7) is 0. The van der Waals surface area contributed by atoms with Crippen molar-refractivity contribution in [2.75, 3.05) is 0 Å². The van der Waals surface area contributed by atoms with Crippen LogP contribution in [-0.4, -0.2) is 77.6 Å². The predicted molar refractivity (Wildman–Crippen MR) is 45.9 cm³/mol. The lowest BCUT2D eigenvalue weighted by Crippen LogP contribution is -2.62. The SMILES string of the molecule is O=C(O)C(O)C(O)C(O)C(O)(C(=O)O)C(=O)O. The van der Waals surface area contributed by atoms with E-state index < -0.39 is 41.8 Å². The van der Waals surface area contributed by atoms with Crippen LogP contribution >= 0.6 is 0 Å². The topological polar surface area (TPSA) is 193 Å². The van der Waals surface area contributed by atoms with Crippen LogP contribution in [0, 0.1) is 0 Å². The fourth-order valence-corrected chi connectivity index (χ4v) is 0.910. The molecule has 0 aromatic rings. The predicted octanol–water partition coefficient (Wildman–Crippen LogP) is -3.95. The van der Waals surface area contributed by atoms with Crippen molar-refractivity contribution in [3.8, 4) is 0 Å². The number of aliphatic carboxylic acids is 3. The summed E-state index contributed by atoms with van der Waals surface area (Å²) >= 11 is 0. The lowest BCUT2D eigenvalue weighted by atomic mass is 9.90. The van der Waals surface area contributed by atoms with Gasteiger partial charge in [0.1, 0.15) is 12.2 Å². The normalized spacial score (nSPS) is 16.9. The molecule has 0 aromatic heterocycles. The minimum Gasteiger partial charge on any atom is -0.479 e. The average molecular weight is 254 g/mol. The number of carboxylic acids is 3. The van der Waals surface area contributed by atoms with Crippen LogP contribution < -0.4 is 0 Å². The third-order valence-electron chi connectivity index (χ3n) is 1.98. The zero-order chi connectivity index (χ0) is 14.0. The summed E-state index contributed by atoms with van der Waals surface area (Å²) in [6, 6.07) is 0. The van der Waals surface area contributed by atoms with E-state index in [0.717, 1.165) is 0 Å². The van der Waals surface area contributed by atoms with Gasteiger partial charge < -0.3 is 35.7 Å². The number of hydrogen-bond acceptors (Lipinski definition) is 7. The van der Waals surface area contributed by atoms with Crippen LogP contribution in [0.1, 0.15) is 0 Å². The van der Waals surface area contributed by atoms with Gasteiger partial charge in [-0.25, -0.2) is 14.4 Å². The first-order chi connectivity index (χ1) is 7.56. The first kappa shape index (κ1) is 15.2. The Balaban J connectivity index is 5.25. The molecule has 0 saturated heterocycles. The Morgan fingerprint density at radius 3 is 1.47 bits per heavy atom. The lowest BCUT2D eigenvalue weighted by Gasteiger charge is -2.29. The van der Waals surface area contributed by atoms with Crippen molar-refractivity contribution in [2.45, 2.75) is 23.9 Å². The van der Waals surface area contributed by atoms with E-state index in [4.69, 9.17) is 35.7 Å². The maximum absolute atomic E-state index is 10.5. The number of aliphatic hydroxyl groups is 4. The molecule has 10 heteroatoms. The molecule has 0 aliphatic rings. The summed E-state index contributed by atoms with van der Waals surface area (Å²) in [4.78, 5) is 31.2. The number of carboxylic acid groups (broad SMARTS) is 3. The van der Waals surface area contributed by atoms with Crippen molar-refractivity contribution in [1.82, 2.24) is 0 Å². The number of hydrogen-bond donors (Lipinski definition) is 7. The lowest BCUT2D eigenvalue weighted by molar-refractivity contribution is -0.205. The molecule has 0 spiro atoms. The van der Waals surface area contributed by atoms with Crippen molar-refractivity contribution in [3.05, 3.63) is 0 Å². The fourth-order valence-electron chi connectivity index (χ4n) is 0.910. The van der Waals surface area contributed by atoms with E-state index in [2.05, 4.69) is 0 Å². The van der Waals surface area contributed by atoms with E-state index in [1.54, 1.807) is 0 Å². The van der Waals surface area contributed by atoms with Crippen LogP contribution in [0.3, 0.4) is 0 Å². The molecule has 0 aliphatic heterocycles. The molecule has 3 unspecified atom stereocenters. The average Bonchev–Trinajstić information content (AvgIpc) is 2.23. The smallest absolute Gasteiger partial charge is 0.350 e. The van der Waals surface area contributed by atoms with Gasteiger partial charge in [0, 0.05) is 0 Å². The third kappa shape index (κ3) is 2.68. The van der Waals surface area contributed by atoms with Crippen LogP contribution in [0.5, 0.6) is 0 Å². The van der Waals surface area contributed by atoms with Crippen molar-refractivity contribution in [1.29, 1.82) is 0 Å². The maximum Gasteiger partial charge on any atom is 0.350 e. The molecule has 7 N–H and O–H groups in total. The largest absolute Gasteiger partial charge is 0.479 e. The van der Waals surface area contributed by atoms with Gasteiger partial charge >= 0.3 is 17.9 Å². The second-order valence-electron chi connectivity index (χ2n) is 3.10. The maximum atomic E-state index is 10.5. The van der Waals surface area contributed by atoms with Gasteiger partial charge in [-0.1, -0.05) is 0 Å². The second-order valence-corrected chi connectivity index (χ2v) is 3.10. The monoisotopic (exact) mass is 254 g/mol. The van der Waals surface area contributed by atoms with Crippen molar-refractivity contribution in [2.24, 2.45) is 0 Å². The van der Waals surface area contributed by atoms with E-state index in [0.29, 0.717) is 0 Å². The Labute approximate surface area is 93.0 Å². The van der Waals surface area contributed by atoms with E-state index >= 15 is 0 Å². The highest BCUT2D eigenvalue weighted by atomic mass is 16.5. The zero-order valence-electron chi connectivity index (χ0n) is 8.09. The van der Waals surface area contributed by atoms with Gasteiger partial charge in [-0.15, -0.1) is 0 Å². The minimum atomic E-state index is -3.84. The number of aliphatic hydroxyl groups excluding tert-OH is 3. The van der Waals surface area contributed by atoms with Gasteiger partial charge in [0.05, 0.1) is 0 Å². The molecule has 98 valence electrons. The highest BCUT2D eigenvalue weighted by Gasteiger charge is 2.56. The van der Waals surface area contributed by atoms with Crippen LogP contribution in [-0.2, 0) is 14.4 Å². The van der Waals surface area contributed by atoms with Crippen molar-refractivity contribution < 1.29 is 50.1 Å². The highest BCUT2D eigenvalue weighted by Crippen LogP contribution is 2.17. The molecular weight excluding hydrogens is 244 g/mol. The first-order valence-corrected chi connectivity index (χ1v) is 4.03. The van der Waals surface area contributed by atoms with Crippen LogP contribution in [0.25, 0.3) is 0 Å². The van der Waals surface area contributed by atoms with Crippen LogP contribution in [0.4, 0.5) is 0 Å². The second kappa shape index (κ2) is 5.05. The Kier molecular flexibility index (Phi) is 4.53. The quantitative estimate of drug-likeness (QED) is 0.230. The van der Waals surface area contributed by atoms with Crippen LogP contribution in [0.15, 0.2) is 0 Å². The van der Waals surface area contributed by atoms with Gasteiger partial charge in [-0.2, -0.15) is 0 Å². The molecular formula is C7H10O10. The van der Waals surface area contributed by atoms with E-state index in [-0.39, 0.29) is 0 Å². The molecule has 0 saturated carbocycles. The molecule has 3 atom stereocenters. The molecule has 10 nitrogen and oxygen atoms in total. The Morgan fingerprint density at radius 1 is 0.882 bits per heavy atom. The Hall–Kier alpha value is -1.75. The summed E-state index contributed by atoms with van der Waals surface area (Å²) in [6.07, 6.45) is -8.30. The van der Waals surface area contributed by atoms with E-state index in [1.165, 1.54) is 0 Å². The molecule has 0 rings (SSSR count). The molecule has 0 aliphatic carbocycles. The standard InChI is InChI=1S/C7H10O10/c8-1(2(9)4(11)12)3(10)7(17,5(13)14)6(15)16/h1-3,8-10,17H,(H,11,12)(H,13,14)(H,15,16). The summed E-state index contributed by atoms with van der Waals surface area (Å²) < 4.78 is 0. The molecule has 0 heterocycles. The van der Waals surface area contributed by atoms with Gasteiger partial charge in [-0.05, 0) is 0 Å². The van der Waals surface area contributed by atoms with Gasteiger partial charge in [0.2, 0.25) is 0 Å². The molecule has 0 amide bonds. The summed E-state index contributed by atoms with van der Waals surface area (Å²) in [7, 11) is 0. The number of rotatable bonds is 6. The third-order valence-corrected chi connectivity index (χ3v) is 1.98. The Morgan fingerprint density at radius 2 is 1.24 bits per heavy atom. The molecule has 0 bridgehead atoms. The highest BCUT2D eigenvalue weighted by molar-refractivity contribution is 6.02. The summed E-state index contributed by atoms with van der Waals surface area (Å²) in [5.74, 6) is -6.88. The van der Waals surface area contributed by atoms with E-state index in [1.807, 2.05) is 0 Å². The summed E-state index contributed by atoms with van der Waals surface area (Å²) in [5, 5.41) is 61.1. The van der Waals surface area contributed by atoms with Crippen LogP contribution in [0.2, 0.25) is 0 Å². The first-order valence-electron chi connectivity index (χ1n) is 4.03. The summed E-state index contributed by atoms with van der Waals surface area (Å²) in [5.41, 5.74) is -3.84. The van der Waals surface area contributed by atoms with Gasteiger partial charge in [0.15, 0.2) is 6.10 Å². The number of carbonyl (C=O) groups is 3. The Bertz CT molecular complexity index is 322. The van der Waals surface area contributed by atoms with E-state index in [9.17, 15) is 14.4 Å². The van der Waals surface area contributed by atoms with Crippen molar-refractivity contribution in [3.63, 3.8) is 0 Å². The fraction of sp³-hybridized carbons (Fsp3) is 0.571.